The van der Waals surface area contributed by atoms with E-state index in [2.05, 4.69) is 23.4 Å². The van der Waals surface area contributed by atoms with E-state index in [4.69, 9.17) is 0 Å². The van der Waals surface area contributed by atoms with Gasteiger partial charge < -0.3 is 0 Å². The van der Waals surface area contributed by atoms with Gasteiger partial charge in [0, 0.05) is 0 Å². The SMILES string of the molecule is C=Nc1ccc(N=C)cc1. The van der Waals surface area contributed by atoms with Gasteiger partial charge in [0.25, 0.3) is 0 Å². The summed E-state index contributed by atoms with van der Waals surface area (Å²) in [6.45, 7) is 6.78. The summed E-state index contributed by atoms with van der Waals surface area (Å²) in [4.78, 5) is 7.47. The summed E-state index contributed by atoms with van der Waals surface area (Å²) >= 11 is 0. The summed E-state index contributed by atoms with van der Waals surface area (Å²) in [6, 6.07) is 7.38. The zero-order valence-electron chi connectivity index (χ0n) is 5.62. The molecule has 2 heteroatoms. The number of hydrogen-bond acceptors (Lipinski definition) is 2. The summed E-state index contributed by atoms with van der Waals surface area (Å²) in [5.41, 5.74) is 1.71. The van der Waals surface area contributed by atoms with Gasteiger partial charge in [-0.3, -0.25) is 9.98 Å². The topological polar surface area (TPSA) is 24.7 Å². The van der Waals surface area contributed by atoms with Crippen molar-refractivity contribution >= 4 is 24.8 Å². The lowest BCUT2D eigenvalue weighted by Crippen LogP contribution is -1.62. The summed E-state index contributed by atoms with van der Waals surface area (Å²) < 4.78 is 0. The molecule has 0 N–H and O–H groups in total. The third kappa shape index (κ3) is 1.29. The van der Waals surface area contributed by atoms with E-state index in [1.54, 1.807) is 0 Å². The van der Waals surface area contributed by atoms with E-state index in [0.717, 1.165) is 11.4 Å². The van der Waals surface area contributed by atoms with Crippen LogP contribution >= 0.6 is 0 Å². The third-order valence-corrected chi connectivity index (χ3v) is 1.21. The highest BCUT2D eigenvalue weighted by Crippen LogP contribution is 2.16. The number of nitrogens with zero attached hydrogens (tertiary/aromatic N) is 2. The maximum absolute atomic E-state index is 3.73. The van der Waals surface area contributed by atoms with Gasteiger partial charge in [-0.15, -0.1) is 0 Å². The van der Waals surface area contributed by atoms with Crippen LogP contribution in [0.3, 0.4) is 0 Å². The van der Waals surface area contributed by atoms with E-state index in [-0.39, 0.29) is 0 Å². The van der Waals surface area contributed by atoms with E-state index in [1.807, 2.05) is 24.3 Å². The van der Waals surface area contributed by atoms with Crippen molar-refractivity contribution in [3.8, 4) is 0 Å². The van der Waals surface area contributed by atoms with E-state index in [9.17, 15) is 0 Å². The van der Waals surface area contributed by atoms with E-state index < -0.39 is 0 Å². The second-order valence-corrected chi connectivity index (χ2v) is 1.83. The first-order valence-electron chi connectivity index (χ1n) is 2.90. The molecule has 0 spiro atoms. The van der Waals surface area contributed by atoms with Crippen LogP contribution < -0.4 is 0 Å². The lowest BCUT2D eigenvalue weighted by Gasteiger charge is -1.91. The first kappa shape index (κ1) is 6.68. The molecular formula is C8H8N2. The zero-order valence-corrected chi connectivity index (χ0v) is 5.62. The molecule has 1 rings (SSSR count). The van der Waals surface area contributed by atoms with Crippen molar-refractivity contribution in [2.24, 2.45) is 9.98 Å². The largest absolute Gasteiger partial charge is 0.265 e. The predicted octanol–water partition coefficient (Wildman–Crippen LogP) is 2.35. The van der Waals surface area contributed by atoms with Crippen LogP contribution in [0.5, 0.6) is 0 Å². The van der Waals surface area contributed by atoms with Gasteiger partial charge in [0.1, 0.15) is 0 Å². The number of aliphatic imine (C=N–C) groups is 2. The van der Waals surface area contributed by atoms with Crippen LogP contribution in [-0.4, -0.2) is 13.4 Å². The molecule has 0 saturated heterocycles. The molecular weight excluding hydrogens is 124 g/mol. The molecule has 0 amide bonds. The Bertz CT molecular complexity index is 209. The molecule has 0 aromatic heterocycles. The Morgan fingerprint density at radius 1 is 0.800 bits per heavy atom. The van der Waals surface area contributed by atoms with Crippen LogP contribution in [0, 0.1) is 0 Å². The zero-order chi connectivity index (χ0) is 7.40. The minimum Gasteiger partial charge on any atom is -0.265 e. The van der Waals surface area contributed by atoms with E-state index >= 15 is 0 Å². The third-order valence-electron chi connectivity index (χ3n) is 1.21. The van der Waals surface area contributed by atoms with Gasteiger partial charge in [0.15, 0.2) is 0 Å². The Labute approximate surface area is 60.0 Å². The van der Waals surface area contributed by atoms with Crippen molar-refractivity contribution < 1.29 is 0 Å². The average molecular weight is 132 g/mol. The fraction of sp³-hybridized carbons (Fsp3) is 0. The molecule has 0 aliphatic rings. The maximum Gasteiger partial charge on any atom is 0.0623 e. The van der Waals surface area contributed by atoms with Gasteiger partial charge in [-0.1, -0.05) is 0 Å². The van der Waals surface area contributed by atoms with Crippen molar-refractivity contribution in [2.45, 2.75) is 0 Å². The van der Waals surface area contributed by atoms with E-state index in [0.29, 0.717) is 0 Å². The number of rotatable bonds is 2. The van der Waals surface area contributed by atoms with Gasteiger partial charge in [0.05, 0.1) is 11.4 Å². The molecule has 0 bridgehead atoms. The number of hydrogen-bond donors (Lipinski definition) is 0. The monoisotopic (exact) mass is 132 g/mol. The van der Waals surface area contributed by atoms with Crippen molar-refractivity contribution in [3.05, 3.63) is 24.3 Å². The molecule has 0 aliphatic heterocycles. The van der Waals surface area contributed by atoms with Crippen molar-refractivity contribution in [3.63, 3.8) is 0 Å². The fourth-order valence-electron chi connectivity index (χ4n) is 0.663. The first-order valence-corrected chi connectivity index (χ1v) is 2.90. The molecule has 2 nitrogen and oxygen atoms in total. The van der Waals surface area contributed by atoms with Crippen LogP contribution in [0.4, 0.5) is 11.4 Å². The van der Waals surface area contributed by atoms with Crippen LogP contribution in [0.2, 0.25) is 0 Å². The molecule has 0 saturated carbocycles. The summed E-state index contributed by atoms with van der Waals surface area (Å²) in [5, 5.41) is 0. The highest BCUT2D eigenvalue weighted by Gasteiger charge is 1.86. The first-order chi connectivity index (χ1) is 4.86. The van der Waals surface area contributed by atoms with Crippen LogP contribution in [0.25, 0.3) is 0 Å². The molecule has 1 aromatic rings. The molecule has 10 heavy (non-hydrogen) atoms. The summed E-state index contributed by atoms with van der Waals surface area (Å²) in [6.07, 6.45) is 0. The van der Waals surface area contributed by atoms with Crippen LogP contribution in [-0.2, 0) is 0 Å². The molecule has 0 heterocycles. The van der Waals surface area contributed by atoms with Crippen molar-refractivity contribution in [2.75, 3.05) is 0 Å². The second-order valence-electron chi connectivity index (χ2n) is 1.83. The van der Waals surface area contributed by atoms with Gasteiger partial charge in [-0.05, 0) is 37.7 Å². The minimum atomic E-state index is 0.854. The molecule has 50 valence electrons. The minimum absolute atomic E-state index is 0.854. The Morgan fingerprint density at radius 2 is 1.10 bits per heavy atom. The van der Waals surface area contributed by atoms with Crippen molar-refractivity contribution in [1.29, 1.82) is 0 Å². The van der Waals surface area contributed by atoms with Gasteiger partial charge in [-0.25, -0.2) is 0 Å². The van der Waals surface area contributed by atoms with Crippen LogP contribution in [0.1, 0.15) is 0 Å². The highest BCUT2D eigenvalue weighted by atomic mass is 14.7. The standard InChI is InChI=1S/C8H8N2/c1-9-7-3-5-8(10-2)6-4-7/h3-6H,1-2H2. The number of benzene rings is 1. The fourth-order valence-corrected chi connectivity index (χ4v) is 0.663. The Balaban J connectivity index is 3.00. The van der Waals surface area contributed by atoms with Crippen LogP contribution in [0.15, 0.2) is 34.3 Å². The molecule has 1 aromatic carbocycles. The highest BCUT2D eigenvalue weighted by molar-refractivity contribution is 5.53. The van der Waals surface area contributed by atoms with E-state index in [1.165, 1.54) is 0 Å². The molecule has 0 radical (unpaired) electrons. The maximum atomic E-state index is 3.73. The smallest absolute Gasteiger partial charge is 0.0623 e. The Hall–Kier alpha value is -1.44. The molecule has 0 atom stereocenters. The second kappa shape index (κ2) is 2.92. The van der Waals surface area contributed by atoms with Crippen molar-refractivity contribution in [1.82, 2.24) is 0 Å². The Morgan fingerprint density at radius 3 is 1.30 bits per heavy atom. The lowest BCUT2D eigenvalue weighted by molar-refractivity contribution is 1.50. The molecule has 0 fully saturated rings. The normalized spacial score (nSPS) is 8.80. The lowest BCUT2D eigenvalue weighted by atomic mass is 10.3. The summed E-state index contributed by atoms with van der Waals surface area (Å²) in [5.74, 6) is 0. The predicted molar refractivity (Wildman–Crippen MR) is 44.9 cm³/mol. The summed E-state index contributed by atoms with van der Waals surface area (Å²) in [7, 11) is 0. The average Bonchev–Trinajstić information content (AvgIpc) is 2.05. The quantitative estimate of drug-likeness (QED) is 0.552. The molecule has 0 unspecified atom stereocenters. The van der Waals surface area contributed by atoms with Gasteiger partial charge in [-0.2, -0.15) is 0 Å². The Kier molecular flexibility index (Phi) is 1.95. The molecule has 0 aliphatic carbocycles. The van der Waals surface area contributed by atoms with Gasteiger partial charge >= 0.3 is 0 Å². The van der Waals surface area contributed by atoms with Gasteiger partial charge in [0.2, 0.25) is 0 Å².